The number of nitrogens with zero attached hydrogens (tertiary/aromatic N) is 2. The maximum Gasteiger partial charge on any atom is 0.357 e. The SMILES string of the molecule is CC(=O)C=O.O=C(O)c1nn(Cc2ccc(Cl)cc2Cl)c2ccccc12. The van der Waals surface area contributed by atoms with E-state index in [1.165, 1.54) is 6.92 Å². The van der Waals surface area contributed by atoms with Gasteiger partial charge < -0.3 is 5.11 Å². The number of carbonyl (C=O) groups is 3. The van der Waals surface area contributed by atoms with E-state index in [-0.39, 0.29) is 12.0 Å². The second-order valence-electron chi connectivity index (χ2n) is 5.29. The average molecular weight is 393 g/mol. The van der Waals surface area contributed by atoms with E-state index in [1.54, 1.807) is 28.9 Å². The van der Waals surface area contributed by atoms with Gasteiger partial charge in [0, 0.05) is 22.4 Å². The van der Waals surface area contributed by atoms with Crippen LogP contribution in [0.5, 0.6) is 0 Å². The number of fused-ring (bicyclic) bond motifs is 1. The van der Waals surface area contributed by atoms with Crippen molar-refractivity contribution in [1.82, 2.24) is 9.78 Å². The summed E-state index contributed by atoms with van der Waals surface area (Å²) in [6.07, 6.45) is 0.278. The number of carbonyl (C=O) groups excluding carboxylic acids is 2. The Morgan fingerprint density at radius 3 is 2.42 bits per heavy atom. The fourth-order valence-electron chi connectivity index (χ4n) is 2.22. The zero-order valence-electron chi connectivity index (χ0n) is 13.6. The minimum Gasteiger partial charge on any atom is -0.476 e. The number of Topliss-reactive ketones (excluding diaryl/α,β-unsaturated/α-hetero) is 1. The standard InChI is InChI=1S/C15H10Cl2N2O2.C3H4O2/c16-10-6-5-9(12(17)7-10)8-19-13-4-2-1-3-11(13)14(18-19)15(20)21;1-3(5)2-4/h1-7H,8H2,(H,20,21);2H,1H3. The molecule has 0 aliphatic rings. The Kier molecular flexibility index (Phi) is 6.49. The van der Waals surface area contributed by atoms with Gasteiger partial charge >= 0.3 is 5.97 Å². The van der Waals surface area contributed by atoms with E-state index in [2.05, 4.69) is 5.10 Å². The summed E-state index contributed by atoms with van der Waals surface area (Å²) in [6.45, 7) is 1.59. The van der Waals surface area contributed by atoms with Crippen LogP contribution in [0.3, 0.4) is 0 Å². The Morgan fingerprint density at radius 2 is 1.85 bits per heavy atom. The second kappa shape index (κ2) is 8.60. The number of carboxylic acid groups (broad SMARTS) is 1. The van der Waals surface area contributed by atoms with E-state index in [1.807, 2.05) is 18.2 Å². The quantitative estimate of drug-likeness (QED) is 0.537. The monoisotopic (exact) mass is 392 g/mol. The van der Waals surface area contributed by atoms with Crippen LogP contribution in [0.1, 0.15) is 23.0 Å². The maximum absolute atomic E-state index is 11.3. The predicted molar refractivity (Wildman–Crippen MR) is 99.0 cm³/mol. The first-order chi connectivity index (χ1) is 12.3. The summed E-state index contributed by atoms with van der Waals surface area (Å²) in [5.41, 5.74) is 1.61. The van der Waals surface area contributed by atoms with Crippen molar-refractivity contribution in [2.45, 2.75) is 13.5 Å². The zero-order valence-corrected chi connectivity index (χ0v) is 15.2. The molecular weight excluding hydrogens is 379 g/mol. The van der Waals surface area contributed by atoms with Crippen molar-refractivity contribution in [2.24, 2.45) is 0 Å². The first-order valence-corrected chi connectivity index (χ1v) is 8.17. The van der Waals surface area contributed by atoms with Gasteiger partial charge in [-0.15, -0.1) is 0 Å². The molecule has 0 radical (unpaired) electrons. The highest BCUT2D eigenvalue weighted by atomic mass is 35.5. The largest absolute Gasteiger partial charge is 0.476 e. The number of hydrogen-bond acceptors (Lipinski definition) is 4. The number of para-hydroxylation sites is 1. The number of aldehydes is 1. The maximum atomic E-state index is 11.3. The van der Waals surface area contributed by atoms with Crippen molar-refractivity contribution < 1.29 is 19.5 Å². The molecule has 3 aromatic rings. The fourth-order valence-corrected chi connectivity index (χ4v) is 2.69. The van der Waals surface area contributed by atoms with Crippen LogP contribution in [0, 0.1) is 0 Å². The summed E-state index contributed by atoms with van der Waals surface area (Å²) in [4.78, 5) is 29.9. The second-order valence-corrected chi connectivity index (χ2v) is 6.14. The van der Waals surface area contributed by atoms with Crippen LogP contribution in [-0.4, -0.2) is 32.9 Å². The van der Waals surface area contributed by atoms with Crippen LogP contribution in [0.25, 0.3) is 10.9 Å². The van der Waals surface area contributed by atoms with Crippen LogP contribution >= 0.6 is 23.2 Å². The number of ketones is 1. The first kappa shape index (κ1) is 19.6. The van der Waals surface area contributed by atoms with Crippen molar-refractivity contribution in [3.05, 3.63) is 63.8 Å². The van der Waals surface area contributed by atoms with E-state index in [0.717, 1.165) is 11.1 Å². The highest BCUT2D eigenvalue weighted by molar-refractivity contribution is 6.35. The Hall–Kier alpha value is -2.70. The van der Waals surface area contributed by atoms with E-state index < -0.39 is 11.8 Å². The van der Waals surface area contributed by atoms with Gasteiger partial charge in [-0.25, -0.2) is 4.79 Å². The minimum atomic E-state index is -1.05. The molecule has 6 nitrogen and oxygen atoms in total. The summed E-state index contributed by atoms with van der Waals surface area (Å²) < 4.78 is 1.63. The Morgan fingerprint density at radius 1 is 1.19 bits per heavy atom. The predicted octanol–water partition coefficient (Wildman–Crippen LogP) is 3.86. The molecule has 0 amide bonds. The Bertz CT molecular complexity index is 982. The number of rotatable bonds is 4. The number of aromatic carboxylic acids is 1. The minimum absolute atomic E-state index is 0.0377. The van der Waals surface area contributed by atoms with Gasteiger partial charge in [-0.05, 0) is 23.8 Å². The molecule has 8 heteroatoms. The molecule has 0 aliphatic carbocycles. The molecule has 2 aromatic carbocycles. The van der Waals surface area contributed by atoms with E-state index in [0.29, 0.717) is 22.0 Å². The molecule has 0 saturated heterocycles. The lowest BCUT2D eigenvalue weighted by Gasteiger charge is -2.06. The van der Waals surface area contributed by atoms with Crippen molar-refractivity contribution in [3.63, 3.8) is 0 Å². The summed E-state index contributed by atoms with van der Waals surface area (Å²) in [5.74, 6) is -1.47. The van der Waals surface area contributed by atoms with Crippen LogP contribution in [0.15, 0.2) is 42.5 Å². The first-order valence-electron chi connectivity index (χ1n) is 7.42. The van der Waals surface area contributed by atoms with Gasteiger partial charge in [0.15, 0.2) is 17.8 Å². The number of carboxylic acids is 1. The van der Waals surface area contributed by atoms with Crippen LogP contribution in [0.2, 0.25) is 10.0 Å². The van der Waals surface area contributed by atoms with Crippen molar-refractivity contribution >= 4 is 52.1 Å². The Labute approximate surface area is 158 Å². The molecule has 26 heavy (non-hydrogen) atoms. The van der Waals surface area contributed by atoms with Crippen molar-refractivity contribution in [3.8, 4) is 0 Å². The molecule has 0 fully saturated rings. The van der Waals surface area contributed by atoms with Gasteiger partial charge in [0.25, 0.3) is 0 Å². The lowest BCUT2D eigenvalue weighted by Crippen LogP contribution is -2.05. The smallest absolute Gasteiger partial charge is 0.357 e. The highest BCUT2D eigenvalue weighted by Gasteiger charge is 2.16. The molecule has 1 aromatic heterocycles. The van der Waals surface area contributed by atoms with E-state index >= 15 is 0 Å². The molecule has 0 aliphatic heterocycles. The summed E-state index contributed by atoms with van der Waals surface area (Å²) in [7, 11) is 0. The fraction of sp³-hybridized carbons (Fsp3) is 0.111. The molecule has 3 rings (SSSR count). The number of halogens is 2. The number of aromatic nitrogens is 2. The molecule has 0 bridgehead atoms. The van der Waals surface area contributed by atoms with Crippen LogP contribution < -0.4 is 0 Å². The average Bonchev–Trinajstić information content (AvgIpc) is 2.97. The van der Waals surface area contributed by atoms with E-state index in [9.17, 15) is 14.7 Å². The lowest BCUT2D eigenvalue weighted by molar-refractivity contribution is -0.128. The lowest BCUT2D eigenvalue weighted by atomic mass is 10.2. The summed E-state index contributed by atoms with van der Waals surface area (Å²) in [5, 5.41) is 15.1. The van der Waals surface area contributed by atoms with Gasteiger partial charge in [0.1, 0.15) is 0 Å². The summed E-state index contributed by atoms with van der Waals surface area (Å²) >= 11 is 12.0. The third kappa shape index (κ3) is 4.68. The number of hydrogen-bond donors (Lipinski definition) is 1. The van der Waals surface area contributed by atoms with Gasteiger partial charge in [0.2, 0.25) is 0 Å². The van der Waals surface area contributed by atoms with Gasteiger partial charge in [-0.1, -0.05) is 47.5 Å². The summed E-state index contributed by atoms with van der Waals surface area (Å²) in [6, 6.07) is 12.4. The molecule has 0 spiro atoms. The topological polar surface area (TPSA) is 89.3 Å². The highest BCUT2D eigenvalue weighted by Crippen LogP contribution is 2.24. The van der Waals surface area contributed by atoms with Gasteiger partial charge in [-0.2, -0.15) is 5.10 Å². The molecule has 0 unspecified atom stereocenters. The van der Waals surface area contributed by atoms with Gasteiger partial charge in [-0.3, -0.25) is 14.3 Å². The third-order valence-electron chi connectivity index (χ3n) is 3.36. The van der Waals surface area contributed by atoms with Crippen molar-refractivity contribution in [2.75, 3.05) is 0 Å². The molecule has 0 atom stereocenters. The van der Waals surface area contributed by atoms with Crippen LogP contribution in [-0.2, 0) is 16.1 Å². The third-order valence-corrected chi connectivity index (χ3v) is 3.95. The molecule has 1 N–H and O–H groups in total. The van der Waals surface area contributed by atoms with Crippen LogP contribution in [0.4, 0.5) is 0 Å². The zero-order chi connectivity index (χ0) is 19.3. The van der Waals surface area contributed by atoms with E-state index in [4.69, 9.17) is 28.0 Å². The molecular formula is C18H14Cl2N2O4. The van der Waals surface area contributed by atoms with Crippen molar-refractivity contribution in [1.29, 1.82) is 0 Å². The molecule has 0 saturated carbocycles. The molecule has 134 valence electrons. The normalized spacial score (nSPS) is 10.1. The van der Waals surface area contributed by atoms with Gasteiger partial charge in [0.05, 0.1) is 12.1 Å². The molecule has 1 heterocycles. The number of benzene rings is 2. The Balaban J connectivity index is 0.000000431.